The lowest BCUT2D eigenvalue weighted by Crippen LogP contribution is -2.21. The molecule has 38 heavy (non-hydrogen) atoms. The van der Waals surface area contributed by atoms with Gasteiger partial charge < -0.3 is 16.2 Å². The summed E-state index contributed by atoms with van der Waals surface area (Å²) in [6, 6.07) is 19.3. The number of carbonyl (C=O) groups is 3. The van der Waals surface area contributed by atoms with Crippen molar-refractivity contribution in [3.63, 3.8) is 0 Å². The van der Waals surface area contributed by atoms with Crippen molar-refractivity contribution in [3.8, 4) is 23.5 Å². The van der Waals surface area contributed by atoms with Gasteiger partial charge in [0.2, 0.25) is 5.91 Å². The number of hydrogen-bond acceptors (Lipinski definition) is 4. The van der Waals surface area contributed by atoms with Crippen molar-refractivity contribution in [1.29, 1.82) is 0 Å². The van der Waals surface area contributed by atoms with Crippen LogP contribution in [0.25, 0.3) is 11.1 Å². The number of primary amides is 1. The van der Waals surface area contributed by atoms with E-state index in [9.17, 15) is 23.2 Å². The van der Waals surface area contributed by atoms with E-state index in [-0.39, 0.29) is 22.4 Å². The molecule has 0 fully saturated rings. The number of alkyl halides is 2. The van der Waals surface area contributed by atoms with Crippen LogP contribution in [0.1, 0.15) is 48.8 Å². The molecule has 4 aromatic rings. The van der Waals surface area contributed by atoms with Crippen LogP contribution in [-0.4, -0.2) is 32.7 Å². The predicted molar refractivity (Wildman–Crippen MR) is 138 cm³/mol. The number of nitrogens with one attached hydrogen (secondary N) is 1. The van der Waals surface area contributed by atoms with Gasteiger partial charge in [-0.25, -0.2) is 13.6 Å². The van der Waals surface area contributed by atoms with Gasteiger partial charge in [-0.3, -0.25) is 14.3 Å². The molecule has 2 amide bonds. The molecular formula is C28H22F2N4O4. The second kappa shape index (κ2) is 12.1. The molecule has 0 saturated heterocycles. The Kier molecular flexibility index (Phi) is 8.69. The van der Waals surface area contributed by atoms with Crippen LogP contribution < -0.4 is 11.1 Å². The number of nitrogens with zero attached hydrogens (tertiary/aromatic N) is 2. The van der Waals surface area contributed by atoms with Crippen molar-refractivity contribution in [3.05, 3.63) is 107 Å². The summed E-state index contributed by atoms with van der Waals surface area (Å²) in [7, 11) is 1.60. The van der Waals surface area contributed by atoms with E-state index >= 15 is 0 Å². The van der Waals surface area contributed by atoms with E-state index in [2.05, 4.69) is 16.3 Å². The molecule has 0 aliphatic carbocycles. The highest BCUT2D eigenvalue weighted by molar-refractivity contribution is 6.13. The minimum Gasteiger partial charge on any atom is -0.478 e. The lowest BCUT2D eigenvalue weighted by molar-refractivity contribution is 0.0696. The van der Waals surface area contributed by atoms with Gasteiger partial charge in [-0.2, -0.15) is 5.10 Å². The Hall–Kier alpha value is -5.30. The quantitative estimate of drug-likeness (QED) is 0.319. The number of carboxylic acids is 1. The lowest BCUT2D eigenvalue weighted by atomic mass is 10.0. The van der Waals surface area contributed by atoms with Crippen molar-refractivity contribution in [2.45, 2.75) is 6.43 Å². The van der Waals surface area contributed by atoms with Gasteiger partial charge in [-0.15, -0.1) is 6.42 Å². The molecule has 10 heteroatoms. The highest BCUT2D eigenvalue weighted by Gasteiger charge is 2.19. The number of aromatic nitrogens is 2. The fourth-order valence-corrected chi connectivity index (χ4v) is 3.41. The maximum Gasteiger partial charge on any atom is 0.335 e. The minimum atomic E-state index is -2.45. The first-order chi connectivity index (χ1) is 18.1. The van der Waals surface area contributed by atoms with Crippen LogP contribution in [0.2, 0.25) is 0 Å². The van der Waals surface area contributed by atoms with Crippen LogP contribution in [0.15, 0.2) is 79.0 Å². The van der Waals surface area contributed by atoms with E-state index in [4.69, 9.17) is 17.3 Å². The van der Waals surface area contributed by atoms with Gasteiger partial charge in [0.15, 0.2) is 0 Å². The van der Waals surface area contributed by atoms with Crippen molar-refractivity contribution in [2.24, 2.45) is 12.8 Å². The molecule has 0 aliphatic heterocycles. The normalized spacial score (nSPS) is 10.2. The molecule has 0 radical (unpaired) electrons. The summed E-state index contributed by atoms with van der Waals surface area (Å²) in [4.78, 5) is 35.7. The molecule has 4 N–H and O–H groups in total. The first kappa shape index (κ1) is 27.3. The largest absolute Gasteiger partial charge is 0.478 e. The number of aryl methyl sites for hydroxylation is 1. The number of amides is 2. The highest BCUT2D eigenvalue weighted by Crippen LogP contribution is 2.29. The fraction of sp³-hybridized carbons (Fsp3) is 0.0714. The number of aromatic carboxylic acids is 1. The Labute approximate surface area is 216 Å². The summed E-state index contributed by atoms with van der Waals surface area (Å²) in [5, 5.41) is 15.3. The summed E-state index contributed by atoms with van der Waals surface area (Å²) >= 11 is 0. The van der Waals surface area contributed by atoms with Crippen molar-refractivity contribution < 1.29 is 28.3 Å². The average molecular weight is 517 g/mol. The Balaban J connectivity index is 0.000000375. The topological polar surface area (TPSA) is 127 Å². The highest BCUT2D eigenvalue weighted by atomic mass is 19.3. The Morgan fingerprint density at radius 2 is 1.71 bits per heavy atom. The molecule has 192 valence electrons. The summed E-state index contributed by atoms with van der Waals surface area (Å²) in [5.41, 5.74) is 7.70. The number of rotatable bonds is 6. The zero-order chi connectivity index (χ0) is 27.8. The van der Waals surface area contributed by atoms with Gasteiger partial charge >= 0.3 is 5.97 Å². The second-order valence-electron chi connectivity index (χ2n) is 7.87. The first-order valence-electron chi connectivity index (χ1n) is 11.0. The van der Waals surface area contributed by atoms with Crippen LogP contribution in [-0.2, 0) is 7.05 Å². The number of halogens is 2. The number of carboxylic acid groups (broad SMARTS) is 1. The first-order valence-corrected chi connectivity index (χ1v) is 11.0. The number of anilines is 1. The van der Waals surface area contributed by atoms with E-state index < -0.39 is 24.2 Å². The van der Waals surface area contributed by atoms with Crippen LogP contribution in [0.5, 0.6) is 0 Å². The van der Waals surface area contributed by atoms with E-state index in [1.54, 1.807) is 31.3 Å². The molecule has 0 atom stereocenters. The molecule has 3 aromatic carbocycles. The molecule has 0 bridgehead atoms. The third kappa shape index (κ3) is 6.67. The zero-order valence-electron chi connectivity index (χ0n) is 20.1. The molecule has 1 aromatic heterocycles. The second-order valence-corrected chi connectivity index (χ2v) is 7.87. The van der Waals surface area contributed by atoms with Crippen molar-refractivity contribution >= 4 is 23.5 Å². The Bertz CT molecular complexity index is 1520. The third-order valence-corrected chi connectivity index (χ3v) is 5.27. The monoisotopic (exact) mass is 516 g/mol. The summed E-state index contributed by atoms with van der Waals surface area (Å²) < 4.78 is 24.8. The number of benzene rings is 3. The fourth-order valence-electron chi connectivity index (χ4n) is 3.41. The van der Waals surface area contributed by atoms with E-state index in [1.807, 2.05) is 24.3 Å². The molecule has 0 aliphatic rings. The Morgan fingerprint density at radius 3 is 2.24 bits per heavy atom. The van der Waals surface area contributed by atoms with E-state index in [1.165, 1.54) is 29.1 Å². The number of terminal acetylenes is 1. The maximum atomic E-state index is 12.8. The molecule has 4 rings (SSSR count). The number of para-hydroxylation sites is 1. The van der Waals surface area contributed by atoms with E-state index in [0.717, 1.165) is 22.8 Å². The van der Waals surface area contributed by atoms with Crippen molar-refractivity contribution in [1.82, 2.24) is 9.78 Å². The Morgan fingerprint density at radius 1 is 1.03 bits per heavy atom. The minimum absolute atomic E-state index is 0.0139. The van der Waals surface area contributed by atoms with Gasteiger partial charge in [0.25, 0.3) is 12.3 Å². The number of nitrogens with two attached hydrogens (primary N) is 1. The number of hydrogen-bond donors (Lipinski definition) is 3. The van der Waals surface area contributed by atoms with Gasteiger partial charge in [0.1, 0.15) is 5.69 Å². The van der Waals surface area contributed by atoms with Crippen LogP contribution in [0.3, 0.4) is 0 Å². The van der Waals surface area contributed by atoms with Crippen LogP contribution >= 0.6 is 0 Å². The SMILES string of the molecule is C#Cc1ccc(-c2ccccc2NC(=O)c2ccc(C(=O)O)cc2C(N)=O)cc1.Cn1ccc(C(F)F)n1. The smallest absolute Gasteiger partial charge is 0.335 e. The third-order valence-electron chi connectivity index (χ3n) is 5.27. The van der Waals surface area contributed by atoms with Crippen LogP contribution in [0.4, 0.5) is 14.5 Å². The molecular weight excluding hydrogens is 494 g/mol. The van der Waals surface area contributed by atoms with E-state index in [0.29, 0.717) is 5.69 Å². The van der Waals surface area contributed by atoms with Gasteiger partial charge in [-0.1, -0.05) is 36.3 Å². The maximum absolute atomic E-state index is 12.8. The average Bonchev–Trinajstić information content (AvgIpc) is 3.35. The van der Waals surface area contributed by atoms with Gasteiger partial charge in [0, 0.05) is 30.1 Å². The van der Waals surface area contributed by atoms with Gasteiger partial charge in [0.05, 0.1) is 16.7 Å². The molecule has 0 saturated carbocycles. The standard InChI is InChI=1S/C23H16N2O4.C5H6F2N2/c1-2-14-7-9-15(10-8-14)17-5-3-4-6-20(17)25-22(27)18-12-11-16(23(28)29)13-19(18)21(24)26;1-9-3-2-4(8-9)5(6)7/h1,3-13H,(H2,24,26)(H,25,27)(H,28,29);2-3,5H,1H3. The lowest BCUT2D eigenvalue weighted by Gasteiger charge is -2.13. The molecule has 0 unspecified atom stereocenters. The zero-order valence-corrected chi connectivity index (χ0v) is 20.1. The summed E-state index contributed by atoms with van der Waals surface area (Å²) in [6.07, 6.45) is 4.42. The number of carbonyl (C=O) groups excluding carboxylic acids is 2. The molecule has 8 nitrogen and oxygen atoms in total. The summed E-state index contributed by atoms with van der Waals surface area (Å²) in [5.74, 6) is -0.146. The summed E-state index contributed by atoms with van der Waals surface area (Å²) in [6.45, 7) is 0. The van der Waals surface area contributed by atoms with Crippen LogP contribution in [0, 0.1) is 12.3 Å². The van der Waals surface area contributed by atoms with Gasteiger partial charge in [-0.05, 0) is 48.0 Å². The predicted octanol–water partition coefficient (Wildman–Crippen LogP) is 4.74. The molecule has 0 spiro atoms. The van der Waals surface area contributed by atoms with Crippen molar-refractivity contribution in [2.75, 3.05) is 5.32 Å². The molecule has 1 heterocycles.